The number of sulfonamides is 1. The van der Waals surface area contributed by atoms with Crippen molar-refractivity contribution in [3.63, 3.8) is 0 Å². The first-order valence-corrected chi connectivity index (χ1v) is 9.69. The molecule has 0 aliphatic carbocycles. The van der Waals surface area contributed by atoms with Crippen LogP contribution in [0.5, 0.6) is 0 Å². The van der Waals surface area contributed by atoms with Crippen molar-refractivity contribution in [3.05, 3.63) is 29.8 Å². The average molecular weight is 368 g/mol. The van der Waals surface area contributed by atoms with Gasteiger partial charge in [0.15, 0.2) is 0 Å². The van der Waals surface area contributed by atoms with Crippen molar-refractivity contribution in [1.29, 1.82) is 0 Å². The molecule has 2 unspecified atom stereocenters. The summed E-state index contributed by atoms with van der Waals surface area (Å²) >= 11 is 0. The van der Waals surface area contributed by atoms with E-state index in [2.05, 4.69) is 0 Å². The van der Waals surface area contributed by atoms with Gasteiger partial charge in [-0.15, -0.1) is 0 Å². The predicted octanol–water partition coefficient (Wildman–Crippen LogP) is 1.51. The third-order valence-corrected chi connectivity index (χ3v) is 6.34. The van der Waals surface area contributed by atoms with Gasteiger partial charge in [-0.1, -0.05) is 13.0 Å². The van der Waals surface area contributed by atoms with Crippen molar-refractivity contribution >= 4 is 21.9 Å². The van der Waals surface area contributed by atoms with Crippen LogP contribution in [-0.4, -0.2) is 61.3 Å². The molecule has 1 aliphatic rings. The fourth-order valence-corrected chi connectivity index (χ4v) is 4.63. The Morgan fingerprint density at radius 2 is 2.00 bits per heavy atom. The lowest BCUT2D eigenvalue weighted by Crippen LogP contribution is -2.45. The molecule has 0 radical (unpaired) electrons. The quantitative estimate of drug-likeness (QED) is 0.850. The Hall–Kier alpha value is -1.93. The number of hydrogen-bond acceptors (Lipinski definition) is 4. The number of hydrogen-bond donors (Lipinski definition) is 1. The molecule has 1 aromatic rings. The third-order valence-electron chi connectivity index (χ3n) is 4.52. The minimum Gasteiger partial charge on any atom is -0.481 e. The molecule has 1 fully saturated rings. The Bertz CT molecular complexity index is 762. The molecule has 0 bridgehead atoms. The SMILES string of the molecule is CCN(C)C(=O)c1cccc(S(=O)(=O)N2CC(C)CC(C(=O)O)C2)c1. The van der Waals surface area contributed by atoms with E-state index in [-0.39, 0.29) is 29.8 Å². The van der Waals surface area contributed by atoms with E-state index >= 15 is 0 Å². The second kappa shape index (κ2) is 7.53. The molecular weight excluding hydrogens is 344 g/mol. The molecule has 1 saturated heterocycles. The lowest BCUT2D eigenvalue weighted by molar-refractivity contribution is -0.143. The number of aliphatic carboxylic acids is 1. The number of carboxylic acids is 1. The van der Waals surface area contributed by atoms with Gasteiger partial charge in [-0.2, -0.15) is 4.31 Å². The number of nitrogens with zero attached hydrogens (tertiary/aromatic N) is 2. The lowest BCUT2D eigenvalue weighted by Gasteiger charge is -2.33. The number of rotatable bonds is 5. The summed E-state index contributed by atoms with van der Waals surface area (Å²) in [6.45, 7) is 4.42. The van der Waals surface area contributed by atoms with Gasteiger partial charge in [0, 0.05) is 32.2 Å². The van der Waals surface area contributed by atoms with Gasteiger partial charge in [-0.05, 0) is 37.5 Å². The molecule has 7 nitrogen and oxygen atoms in total. The van der Waals surface area contributed by atoms with Gasteiger partial charge >= 0.3 is 5.97 Å². The van der Waals surface area contributed by atoms with Crippen LogP contribution in [0.25, 0.3) is 0 Å². The summed E-state index contributed by atoms with van der Waals surface area (Å²) in [5.74, 6) is -1.99. The fourth-order valence-electron chi connectivity index (χ4n) is 2.98. The average Bonchev–Trinajstić information content (AvgIpc) is 2.59. The highest BCUT2D eigenvalue weighted by Crippen LogP contribution is 2.27. The first-order valence-electron chi connectivity index (χ1n) is 8.25. The molecule has 1 aliphatic heterocycles. The van der Waals surface area contributed by atoms with Crippen molar-refractivity contribution < 1.29 is 23.1 Å². The van der Waals surface area contributed by atoms with E-state index in [9.17, 15) is 23.1 Å². The molecule has 138 valence electrons. The zero-order valence-electron chi connectivity index (χ0n) is 14.7. The Kier molecular flexibility index (Phi) is 5.84. The summed E-state index contributed by atoms with van der Waals surface area (Å²) in [5, 5.41) is 9.24. The number of benzene rings is 1. The molecule has 2 rings (SSSR count). The second-order valence-corrected chi connectivity index (χ2v) is 8.48. The normalized spacial score (nSPS) is 21.7. The molecule has 1 N–H and O–H groups in total. The van der Waals surface area contributed by atoms with E-state index < -0.39 is 21.9 Å². The molecule has 0 saturated carbocycles. The Balaban J connectivity index is 2.33. The summed E-state index contributed by atoms with van der Waals surface area (Å²) in [6.07, 6.45) is 0.459. The molecule has 2 atom stereocenters. The molecule has 1 aromatic carbocycles. The molecule has 25 heavy (non-hydrogen) atoms. The maximum absolute atomic E-state index is 12.9. The van der Waals surface area contributed by atoms with Crippen molar-refractivity contribution in [2.75, 3.05) is 26.7 Å². The molecule has 1 heterocycles. The van der Waals surface area contributed by atoms with Crippen LogP contribution in [0.4, 0.5) is 0 Å². The van der Waals surface area contributed by atoms with Crippen LogP contribution >= 0.6 is 0 Å². The van der Waals surface area contributed by atoms with Gasteiger partial charge in [0.2, 0.25) is 10.0 Å². The van der Waals surface area contributed by atoms with Gasteiger partial charge in [0.25, 0.3) is 5.91 Å². The van der Waals surface area contributed by atoms with Crippen molar-refractivity contribution in [1.82, 2.24) is 9.21 Å². The lowest BCUT2D eigenvalue weighted by atomic mass is 9.92. The predicted molar refractivity (Wildman–Crippen MR) is 92.7 cm³/mol. The number of carboxylic acid groups (broad SMARTS) is 1. The van der Waals surface area contributed by atoms with Gasteiger partial charge in [-0.25, -0.2) is 8.42 Å². The van der Waals surface area contributed by atoms with Crippen LogP contribution < -0.4 is 0 Å². The molecule has 1 amide bonds. The number of piperidine rings is 1. The van der Waals surface area contributed by atoms with Crippen molar-refractivity contribution in [2.45, 2.75) is 25.2 Å². The smallest absolute Gasteiger partial charge is 0.307 e. The molecule has 0 spiro atoms. The number of amides is 1. The van der Waals surface area contributed by atoms with Gasteiger partial charge in [0.05, 0.1) is 10.8 Å². The van der Waals surface area contributed by atoms with Crippen LogP contribution in [0.3, 0.4) is 0 Å². The molecule has 8 heteroatoms. The summed E-state index contributed by atoms with van der Waals surface area (Å²) in [7, 11) is -2.20. The Labute approximate surface area is 148 Å². The third kappa shape index (κ3) is 4.19. The van der Waals surface area contributed by atoms with Crippen LogP contribution in [-0.2, 0) is 14.8 Å². The number of carbonyl (C=O) groups is 2. The highest BCUT2D eigenvalue weighted by atomic mass is 32.2. The van der Waals surface area contributed by atoms with E-state index in [4.69, 9.17) is 0 Å². The highest BCUT2D eigenvalue weighted by molar-refractivity contribution is 7.89. The first-order chi connectivity index (χ1) is 11.7. The van der Waals surface area contributed by atoms with E-state index in [1.807, 2.05) is 13.8 Å². The van der Waals surface area contributed by atoms with Crippen molar-refractivity contribution in [3.8, 4) is 0 Å². The minimum atomic E-state index is -3.85. The largest absolute Gasteiger partial charge is 0.481 e. The fraction of sp³-hybridized carbons (Fsp3) is 0.529. The van der Waals surface area contributed by atoms with Gasteiger partial charge in [0.1, 0.15) is 0 Å². The monoisotopic (exact) mass is 368 g/mol. The second-order valence-electron chi connectivity index (χ2n) is 6.55. The van der Waals surface area contributed by atoms with Gasteiger partial charge < -0.3 is 10.0 Å². The van der Waals surface area contributed by atoms with Crippen molar-refractivity contribution in [2.24, 2.45) is 11.8 Å². The maximum Gasteiger partial charge on any atom is 0.307 e. The van der Waals surface area contributed by atoms with E-state index in [1.165, 1.54) is 27.4 Å². The van der Waals surface area contributed by atoms with E-state index in [1.54, 1.807) is 13.1 Å². The summed E-state index contributed by atoms with van der Waals surface area (Å²) in [4.78, 5) is 25.1. The van der Waals surface area contributed by atoms with Crippen LogP contribution in [0.15, 0.2) is 29.2 Å². The summed E-state index contributed by atoms with van der Waals surface area (Å²) in [5.41, 5.74) is 0.297. The summed E-state index contributed by atoms with van der Waals surface area (Å²) in [6, 6.07) is 5.91. The standard InChI is InChI=1S/C17H24N2O5S/c1-4-18(3)16(20)13-6-5-7-15(9-13)25(23,24)19-10-12(2)8-14(11-19)17(21)22/h5-7,9,12,14H,4,8,10-11H2,1-3H3,(H,21,22). The Morgan fingerprint density at radius 1 is 1.32 bits per heavy atom. The minimum absolute atomic E-state index is 0.0149. The van der Waals surface area contributed by atoms with Gasteiger partial charge in [-0.3, -0.25) is 9.59 Å². The summed E-state index contributed by atoms with van der Waals surface area (Å²) < 4.78 is 27.1. The van der Waals surface area contributed by atoms with E-state index in [0.29, 0.717) is 18.5 Å². The number of carbonyl (C=O) groups excluding carboxylic acids is 1. The molecular formula is C17H24N2O5S. The maximum atomic E-state index is 12.9. The zero-order chi connectivity index (χ0) is 18.8. The van der Waals surface area contributed by atoms with Crippen LogP contribution in [0.2, 0.25) is 0 Å². The highest BCUT2D eigenvalue weighted by Gasteiger charge is 2.36. The van der Waals surface area contributed by atoms with E-state index in [0.717, 1.165) is 0 Å². The zero-order valence-corrected chi connectivity index (χ0v) is 15.5. The Morgan fingerprint density at radius 3 is 2.60 bits per heavy atom. The van der Waals surface area contributed by atoms with Crippen LogP contribution in [0, 0.1) is 11.8 Å². The topological polar surface area (TPSA) is 95.0 Å². The van der Waals surface area contributed by atoms with Crippen LogP contribution in [0.1, 0.15) is 30.6 Å². The first kappa shape index (κ1) is 19.4. The molecule has 0 aromatic heterocycles.